The molecule has 0 saturated heterocycles. The van der Waals surface area contributed by atoms with E-state index in [4.69, 9.17) is 11.6 Å². The Labute approximate surface area is 149 Å². The van der Waals surface area contributed by atoms with E-state index in [9.17, 15) is 18.0 Å². The highest BCUT2D eigenvalue weighted by Crippen LogP contribution is 2.26. The molecule has 0 aliphatic carbocycles. The van der Waals surface area contributed by atoms with E-state index in [0.717, 1.165) is 12.1 Å². The number of tetrazole rings is 1. The molecule has 0 radical (unpaired) electrons. The number of hydrogen-bond donors (Lipinski definition) is 1. The van der Waals surface area contributed by atoms with E-state index in [-0.39, 0.29) is 11.3 Å². The van der Waals surface area contributed by atoms with Crippen LogP contribution in [0.5, 0.6) is 5.75 Å². The van der Waals surface area contributed by atoms with Gasteiger partial charge in [0.1, 0.15) is 12.1 Å². The van der Waals surface area contributed by atoms with Gasteiger partial charge in [0, 0.05) is 16.8 Å². The number of carbonyl (C=O) groups is 1. The number of amides is 1. The van der Waals surface area contributed by atoms with Crippen molar-refractivity contribution in [3.8, 4) is 11.4 Å². The van der Waals surface area contributed by atoms with Crippen LogP contribution in [0.1, 0.15) is 10.4 Å². The summed E-state index contributed by atoms with van der Waals surface area (Å²) in [5.74, 6) is -1.07. The third kappa shape index (κ3) is 4.28. The molecule has 0 aliphatic heterocycles. The topological polar surface area (TPSA) is 81.9 Å². The summed E-state index contributed by atoms with van der Waals surface area (Å²) >= 11 is 5.94. The van der Waals surface area contributed by atoms with Crippen molar-refractivity contribution in [2.24, 2.45) is 0 Å². The predicted octanol–water partition coefficient (Wildman–Crippen LogP) is 3.47. The maximum Gasteiger partial charge on any atom is 0.573 e. The fourth-order valence-electron chi connectivity index (χ4n) is 2.13. The molecular weight excluding hydrogens is 375 g/mol. The molecule has 1 N–H and O–H groups in total. The van der Waals surface area contributed by atoms with Crippen molar-refractivity contribution in [1.29, 1.82) is 0 Å². The molecule has 0 saturated carbocycles. The molecule has 7 nitrogen and oxygen atoms in total. The van der Waals surface area contributed by atoms with Crippen molar-refractivity contribution in [2.75, 3.05) is 5.32 Å². The van der Waals surface area contributed by atoms with Gasteiger partial charge in [-0.05, 0) is 40.8 Å². The number of nitrogens with zero attached hydrogens (tertiary/aromatic N) is 4. The first-order valence-electron chi connectivity index (χ1n) is 7.02. The lowest BCUT2D eigenvalue weighted by atomic mass is 10.1. The smallest absolute Gasteiger partial charge is 0.406 e. The van der Waals surface area contributed by atoms with Crippen molar-refractivity contribution in [3.05, 3.63) is 59.4 Å². The van der Waals surface area contributed by atoms with Gasteiger partial charge in [0.05, 0.1) is 11.3 Å². The Hall–Kier alpha value is -3.14. The number of ether oxygens (including phenoxy) is 1. The van der Waals surface area contributed by atoms with Crippen molar-refractivity contribution >= 4 is 23.2 Å². The Morgan fingerprint density at radius 1 is 1.19 bits per heavy atom. The zero-order chi connectivity index (χ0) is 18.7. The molecule has 0 aliphatic rings. The fourth-order valence-corrected chi connectivity index (χ4v) is 2.30. The van der Waals surface area contributed by atoms with Crippen LogP contribution in [0.3, 0.4) is 0 Å². The summed E-state index contributed by atoms with van der Waals surface area (Å²) in [6, 6.07) is 9.38. The summed E-state index contributed by atoms with van der Waals surface area (Å²) in [6.45, 7) is 0. The molecule has 0 fully saturated rings. The van der Waals surface area contributed by atoms with Gasteiger partial charge in [0.25, 0.3) is 5.91 Å². The molecule has 0 atom stereocenters. The summed E-state index contributed by atoms with van der Waals surface area (Å²) < 4.78 is 42.0. The highest BCUT2D eigenvalue weighted by molar-refractivity contribution is 6.31. The second kappa shape index (κ2) is 7.00. The molecule has 134 valence electrons. The van der Waals surface area contributed by atoms with Gasteiger partial charge in [-0.3, -0.25) is 4.79 Å². The van der Waals surface area contributed by atoms with Crippen molar-refractivity contribution in [1.82, 2.24) is 20.2 Å². The largest absolute Gasteiger partial charge is 0.573 e. The van der Waals surface area contributed by atoms with Crippen molar-refractivity contribution < 1.29 is 22.7 Å². The van der Waals surface area contributed by atoms with Crippen LogP contribution in [-0.4, -0.2) is 32.5 Å². The summed E-state index contributed by atoms with van der Waals surface area (Å²) in [5, 5.41) is 13.5. The van der Waals surface area contributed by atoms with Gasteiger partial charge >= 0.3 is 6.36 Å². The Bertz CT molecular complexity index is 931. The summed E-state index contributed by atoms with van der Waals surface area (Å²) in [6.07, 6.45) is -3.54. The van der Waals surface area contributed by atoms with E-state index in [2.05, 4.69) is 25.6 Å². The van der Waals surface area contributed by atoms with E-state index < -0.39 is 18.0 Å². The number of carbonyl (C=O) groups excluding carboxylic acids is 1. The Balaban J connectivity index is 1.87. The second-order valence-electron chi connectivity index (χ2n) is 4.95. The minimum absolute atomic E-state index is 0.111. The quantitative estimate of drug-likeness (QED) is 0.746. The molecule has 1 aromatic heterocycles. The second-order valence-corrected chi connectivity index (χ2v) is 5.38. The van der Waals surface area contributed by atoms with Crippen LogP contribution in [0.4, 0.5) is 18.9 Å². The minimum atomic E-state index is -4.83. The number of benzene rings is 2. The van der Waals surface area contributed by atoms with E-state index in [0.29, 0.717) is 10.7 Å². The number of nitrogens with one attached hydrogen (secondary N) is 1. The number of alkyl halides is 3. The van der Waals surface area contributed by atoms with Crippen LogP contribution in [0, 0.1) is 0 Å². The Kier molecular flexibility index (Phi) is 4.76. The third-order valence-electron chi connectivity index (χ3n) is 3.12. The lowest BCUT2D eigenvalue weighted by Crippen LogP contribution is -2.18. The molecule has 0 bridgehead atoms. The zero-order valence-electron chi connectivity index (χ0n) is 12.7. The first-order chi connectivity index (χ1) is 12.3. The summed E-state index contributed by atoms with van der Waals surface area (Å²) in [4.78, 5) is 12.6. The van der Waals surface area contributed by atoms with Gasteiger partial charge in [-0.15, -0.1) is 18.3 Å². The highest BCUT2D eigenvalue weighted by atomic mass is 35.5. The standard InChI is InChI=1S/C15H9ClF3N5O2/c16-9-4-5-13(24-8-20-22-23-24)12(6-9)14(25)21-10-2-1-3-11(7-10)26-15(17,18)19/h1-8H,(H,21,25). The third-order valence-corrected chi connectivity index (χ3v) is 3.36. The van der Waals surface area contributed by atoms with Gasteiger partial charge in [-0.2, -0.15) is 4.68 Å². The molecule has 11 heteroatoms. The molecule has 26 heavy (non-hydrogen) atoms. The average Bonchev–Trinajstić information content (AvgIpc) is 3.07. The molecule has 3 rings (SSSR count). The van der Waals surface area contributed by atoms with E-state index in [1.807, 2.05) is 0 Å². The Morgan fingerprint density at radius 3 is 2.69 bits per heavy atom. The SMILES string of the molecule is O=C(Nc1cccc(OC(F)(F)F)c1)c1cc(Cl)ccc1-n1cnnn1. The first-order valence-corrected chi connectivity index (χ1v) is 7.40. The van der Waals surface area contributed by atoms with Gasteiger partial charge < -0.3 is 10.1 Å². The maximum atomic E-state index is 12.6. The van der Waals surface area contributed by atoms with Crippen LogP contribution in [0.25, 0.3) is 5.69 Å². The number of aromatic nitrogens is 4. The van der Waals surface area contributed by atoms with E-state index in [1.54, 1.807) is 6.07 Å². The van der Waals surface area contributed by atoms with Crippen molar-refractivity contribution in [3.63, 3.8) is 0 Å². The summed E-state index contributed by atoms with van der Waals surface area (Å²) in [7, 11) is 0. The van der Waals surface area contributed by atoms with E-state index in [1.165, 1.54) is 35.3 Å². The normalized spacial score (nSPS) is 11.2. The van der Waals surface area contributed by atoms with Crippen LogP contribution in [-0.2, 0) is 0 Å². The van der Waals surface area contributed by atoms with Gasteiger partial charge in [0.15, 0.2) is 0 Å². The number of halogens is 4. The van der Waals surface area contributed by atoms with Crippen LogP contribution in [0.2, 0.25) is 5.02 Å². The van der Waals surface area contributed by atoms with Gasteiger partial charge in [-0.1, -0.05) is 17.7 Å². The van der Waals surface area contributed by atoms with Crippen LogP contribution < -0.4 is 10.1 Å². The zero-order valence-corrected chi connectivity index (χ0v) is 13.5. The molecule has 0 spiro atoms. The lowest BCUT2D eigenvalue weighted by molar-refractivity contribution is -0.274. The lowest BCUT2D eigenvalue weighted by Gasteiger charge is -2.12. The van der Waals surface area contributed by atoms with Crippen molar-refractivity contribution in [2.45, 2.75) is 6.36 Å². The average molecular weight is 384 g/mol. The summed E-state index contributed by atoms with van der Waals surface area (Å²) in [5.41, 5.74) is 0.589. The fraction of sp³-hybridized carbons (Fsp3) is 0.0667. The van der Waals surface area contributed by atoms with Crippen LogP contribution in [0.15, 0.2) is 48.8 Å². The molecule has 0 unspecified atom stereocenters. The maximum absolute atomic E-state index is 12.6. The monoisotopic (exact) mass is 383 g/mol. The molecule has 2 aromatic carbocycles. The predicted molar refractivity (Wildman–Crippen MR) is 85.2 cm³/mol. The van der Waals surface area contributed by atoms with Crippen LogP contribution >= 0.6 is 11.6 Å². The number of hydrogen-bond acceptors (Lipinski definition) is 5. The van der Waals surface area contributed by atoms with Gasteiger partial charge in [-0.25, -0.2) is 0 Å². The molecule has 1 heterocycles. The number of anilines is 1. The minimum Gasteiger partial charge on any atom is -0.406 e. The van der Waals surface area contributed by atoms with E-state index >= 15 is 0 Å². The molecular formula is C15H9ClF3N5O2. The Morgan fingerprint density at radius 2 is 2.00 bits per heavy atom. The molecule has 3 aromatic rings. The molecule has 1 amide bonds. The van der Waals surface area contributed by atoms with Gasteiger partial charge in [0.2, 0.25) is 0 Å². The number of rotatable bonds is 4. The highest BCUT2D eigenvalue weighted by Gasteiger charge is 2.31. The first kappa shape index (κ1) is 17.7.